The van der Waals surface area contributed by atoms with Crippen LogP contribution in [0.4, 0.5) is 5.69 Å². The van der Waals surface area contributed by atoms with Crippen LogP contribution in [0.25, 0.3) is 0 Å². The fourth-order valence-corrected chi connectivity index (χ4v) is 2.57. The molecule has 0 aromatic heterocycles. The van der Waals surface area contributed by atoms with Crippen LogP contribution < -0.4 is 5.32 Å². The smallest absolute Gasteiger partial charge is 0.309 e. The summed E-state index contributed by atoms with van der Waals surface area (Å²) in [5.41, 5.74) is 2.03. The number of Topliss-reactive ketones (excluding diaryl/α,β-unsaturated/α-hetero) is 1. The zero-order valence-electron chi connectivity index (χ0n) is 11.8. The van der Waals surface area contributed by atoms with Crippen molar-refractivity contribution in [1.82, 2.24) is 0 Å². The molecule has 1 N–H and O–H groups in total. The van der Waals surface area contributed by atoms with Crippen LogP contribution in [0.15, 0.2) is 18.2 Å². The lowest BCUT2D eigenvalue weighted by Crippen LogP contribution is -2.26. The van der Waals surface area contributed by atoms with E-state index in [1.807, 2.05) is 0 Å². The number of hydrogen-bond donors (Lipinski definition) is 1. The van der Waals surface area contributed by atoms with Crippen LogP contribution >= 0.6 is 0 Å². The van der Waals surface area contributed by atoms with Gasteiger partial charge in [-0.25, -0.2) is 0 Å². The second-order valence-corrected chi connectivity index (χ2v) is 5.67. The van der Waals surface area contributed by atoms with Gasteiger partial charge in [0, 0.05) is 11.3 Å². The zero-order valence-corrected chi connectivity index (χ0v) is 11.8. The molecule has 0 bridgehead atoms. The average molecular weight is 287 g/mol. The minimum absolute atomic E-state index is 0.0281. The van der Waals surface area contributed by atoms with Gasteiger partial charge in [-0.2, -0.15) is 0 Å². The first kappa shape index (κ1) is 13.8. The van der Waals surface area contributed by atoms with Crippen molar-refractivity contribution in [2.45, 2.75) is 32.1 Å². The van der Waals surface area contributed by atoms with Crippen molar-refractivity contribution >= 4 is 23.3 Å². The molecular formula is C16H17NO4. The van der Waals surface area contributed by atoms with E-state index in [2.05, 4.69) is 5.32 Å². The van der Waals surface area contributed by atoms with E-state index in [4.69, 9.17) is 4.74 Å². The SMILES string of the molecule is C[C@H]1C(=O)Nc2ccc(C(=O)COC(=O)C3CCC3)cc21. The van der Waals surface area contributed by atoms with Gasteiger partial charge >= 0.3 is 5.97 Å². The molecule has 3 rings (SSSR count). The summed E-state index contributed by atoms with van der Waals surface area (Å²) in [5, 5.41) is 2.76. The second-order valence-electron chi connectivity index (χ2n) is 5.67. The standard InChI is InChI=1S/C16H17NO4/c1-9-12-7-11(5-6-13(12)17-15(9)19)14(18)8-21-16(20)10-3-2-4-10/h5-7,9-10H,2-4,8H2,1H3,(H,17,19)/t9-/m1/s1. The molecule has 1 fully saturated rings. The third-order valence-electron chi connectivity index (χ3n) is 4.28. The van der Waals surface area contributed by atoms with E-state index in [0.717, 1.165) is 30.5 Å². The molecular weight excluding hydrogens is 270 g/mol. The van der Waals surface area contributed by atoms with E-state index in [-0.39, 0.29) is 36.1 Å². The Morgan fingerprint density at radius 3 is 2.76 bits per heavy atom. The van der Waals surface area contributed by atoms with E-state index in [9.17, 15) is 14.4 Å². The molecule has 1 aromatic carbocycles. The number of carbonyl (C=O) groups is 3. The monoisotopic (exact) mass is 287 g/mol. The maximum absolute atomic E-state index is 12.1. The number of hydrogen-bond acceptors (Lipinski definition) is 4. The highest BCUT2D eigenvalue weighted by molar-refractivity contribution is 6.05. The highest BCUT2D eigenvalue weighted by Crippen LogP contribution is 2.33. The van der Waals surface area contributed by atoms with Gasteiger partial charge in [0.15, 0.2) is 12.4 Å². The Bertz CT molecular complexity index is 619. The van der Waals surface area contributed by atoms with Gasteiger partial charge in [-0.15, -0.1) is 0 Å². The number of esters is 1. The molecule has 5 nitrogen and oxygen atoms in total. The fraction of sp³-hybridized carbons (Fsp3) is 0.438. The molecule has 1 amide bonds. The quantitative estimate of drug-likeness (QED) is 0.681. The van der Waals surface area contributed by atoms with Gasteiger partial charge in [0.05, 0.1) is 11.8 Å². The lowest BCUT2D eigenvalue weighted by Gasteiger charge is -2.22. The lowest BCUT2D eigenvalue weighted by atomic mass is 9.86. The zero-order chi connectivity index (χ0) is 15.0. The Morgan fingerprint density at radius 1 is 1.33 bits per heavy atom. The van der Waals surface area contributed by atoms with Crippen LogP contribution in [-0.4, -0.2) is 24.3 Å². The van der Waals surface area contributed by atoms with Crippen LogP contribution in [0.2, 0.25) is 0 Å². The second kappa shape index (κ2) is 5.31. The third kappa shape index (κ3) is 2.55. The summed E-state index contributed by atoms with van der Waals surface area (Å²) in [5.74, 6) is -0.867. The molecule has 5 heteroatoms. The van der Waals surface area contributed by atoms with E-state index in [0.29, 0.717) is 5.56 Å². The Kier molecular flexibility index (Phi) is 3.49. The number of carbonyl (C=O) groups excluding carboxylic acids is 3. The maximum atomic E-state index is 12.1. The van der Waals surface area contributed by atoms with Crippen molar-refractivity contribution in [2.75, 3.05) is 11.9 Å². The van der Waals surface area contributed by atoms with Crippen LogP contribution in [0, 0.1) is 5.92 Å². The summed E-state index contributed by atoms with van der Waals surface area (Å²) < 4.78 is 5.06. The van der Waals surface area contributed by atoms with Gasteiger partial charge in [-0.3, -0.25) is 14.4 Å². The minimum Gasteiger partial charge on any atom is -0.457 e. The predicted octanol–water partition coefficient (Wildman–Crippen LogP) is 2.27. The Labute approximate surface area is 122 Å². The molecule has 0 saturated heterocycles. The van der Waals surface area contributed by atoms with E-state index >= 15 is 0 Å². The summed E-state index contributed by atoms with van der Waals surface area (Å²) >= 11 is 0. The summed E-state index contributed by atoms with van der Waals surface area (Å²) in [6.07, 6.45) is 2.77. The van der Waals surface area contributed by atoms with Gasteiger partial charge in [0.1, 0.15) is 0 Å². The van der Waals surface area contributed by atoms with Gasteiger partial charge in [-0.05, 0) is 43.5 Å². The van der Waals surface area contributed by atoms with Crippen molar-refractivity contribution in [3.8, 4) is 0 Å². The number of benzene rings is 1. The molecule has 2 aliphatic rings. The molecule has 0 spiro atoms. The van der Waals surface area contributed by atoms with Crippen molar-refractivity contribution < 1.29 is 19.1 Å². The van der Waals surface area contributed by atoms with Gasteiger partial charge in [0.2, 0.25) is 5.91 Å². The third-order valence-corrected chi connectivity index (χ3v) is 4.28. The van der Waals surface area contributed by atoms with Crippen LogP contribution in [-0.2, 0) is 14.3 Å². The molecule has 1 aliphatic carbocycles. The Morgan fingerprint density at radius 2 is 2.10 bits per heavy atom. The van der Waals surface area contributed by atoms with Crippen molar-refractivity contribution in [2.24, 2.45) is 5.92 Å². The minimum atomic E-state index is -0.277. The van der Waals surface area contributed by atoms with E-state index in [1.54, 1.807) is 25.1 Å². The van der Waals surface area contributed by atoms with Gasteiger partial charge < -0.3 is 10.1 Å². The first-order valence-electron chi connectivity index (χ1n) is 7.21. The first-order chi connectivity index (χ1) is 10.1. The number of rotatable bonds is 4. The van der Waals surface area contributed by atoms with Crippen molar-refractivity contribution in [3.05, 3.63) is 29.3 Å². The molecule has 1 saturated carbocycles. The first-order valence-corrected chi connectivity index (χ1v) is 7.21. The molecule has 110 valence electrons. The molecule has 1 aliphatic heterocycles. The normalized spacial score (nSPS) is 20.4. The molecule has 0 radical (unpaired) electrons. The average Bonchev–Trinajstić information content (AvgIpc) is 2.69. The number of nitrogens with one attached hydrogen (secondary N) is 1. The Balaban J connectivity index is 1.65. The van der Waals surface area contributed by atoms with Gasteiger partial charge in [0.25, 0.3) is 0 Å². The molecule has 1 atom stereocenters. The van der Waals surface area contributed by atoms with Crippen LogP contribution in [0.1, 0.15) is 48.0 Å². The number of amides is 1. The van der Waals surface area contributed by atoms with Crippen LogP contribution in [0.3, 0.4) is 0 Å². The van der Waals surface area contributed by atoms with Crippen molar-refractivity contribution in [1.29, 1.82) is 0 Å². The number of ether oxygens (including phenoxy) is 1. The predicted molar refractivity (Wildman–Crippen MR) is 76.1 cm³/mol. The summed E-state index contributed by atoms with van der Waals surface area (Å²) in [7, 11) is 0. The van der Waals surface area contributed by atoms with E-state index < -0.39 is 0 Å². The molecule has 1 heterocycles. The Hall–Kier alpha value is -2.17. The van der Waals surface area contributed by atoms with Gasteiger partial charge in [-0.1, -0.05) is 6.42 Å². The summed E-state index contributed by atoms with van der Waals surface area (Å²) in [6, 6.07) is 5.08. The number of fused-ring (bicyclic) bond motifs is 1. The topological polar surface area (TPSA) is 72.5 Å². The molecule has 1 aromatic rings. The number of ketones is 1. The largest absolute Gasteiger partial charge is 0.457 e. The molecule has 0 unspecified atom stereocenters. The van der Waals surface area contributed by atoms with E-state index in [1.165, 1.54) is 0 Å². The molecule has 21 heavy (non-hydrogen) atoms. The maximum Gasteiger partial charge on any atom is 0.309 e. The lowest BCUT2D eigenvalue weighted by molar-refractivity contribution is -0.150. The highest BCUT2D eigenvalue weighted by atomic mass is 16.5. The fourth-order valence-electron chi connectivity index (χ4n) is 2.57. The number of anilines is 1. The van der Waals surface area contributed by atoms with Crippen LogP contribution in [0.5, 0.6) is 0 Å². The summed E-state index contributed by atoms with van der Waals surface area (Å²) in [6.45, 7) is 1.57. The summed E-state index contributed by atoms with van der Waals surface area (Å²) in [4.78, 5) is 35.3. The highest BCUT2D eigenvalue weighted by Gasteiger charge is 2.29. The van der Waals surface area contributed by atoms with Crippen molar-refractivity contribution in [3.63, 3.8) is 0 Å².